The molecule has 0 bridgehead atoms. The number of benzene rings is 2. The van der Waals surface area contributed by atoms with Gasteiger partial charge in [0.2, 0.25) is 5.60 Å². The second-order valence-electron chi connectivity index (χ2n) is 10.2. The first kappa shape index (κ1) is 32.6. The summed E-state index contributed by atoms with van der Waals surface area (Å²) in [5, 5.41) is 9.42. The number of methoxy groups -OCH3 is 2. The molecule has 2 aromatic rings. The van der Waals surface area contributed by atoms with Crippen LogP contribution in [0.5, 0.6) is 17.2 Å². The van der Waals surface area contributed by atoms with Crippen LogP contribution in [0.15, 0.2) is 30.3 Å². The van der Waals surface area contributed by atoms with Gasteiger partial charge in [0, 0.05) is 24.8 Å². The molecule has 2 aromatic carbocycles. The maximum atomic E-state index is 13.8. The lowest BCUT2D eigenvalue weighted by Crippen LogP contribution is -2.61. The quantitative estimate of drug-likeness (QED) is 0.163. The molecule has 0 spiro atoms. The number of carboxylic acid groups (broad SMARTS) is 1. The summed E-state index contributed by atoms with van der Waals surface area (Å²) < 4.78 is 28.9. The summed E-state index contributed by atoms with van der Waals surface area (Å²) in [6, 6.07) is 8.59. The maximum absolute atomic E-state index is 13.8. The van der Waals surface area contributed by atoms with E-state index < -0.39 is 35.8 Å². The molecule has 0 amide bonds. The summed E-state index contributed by atoms with van der Waals surface area (Å²) in [5.41, 5.74) is 0.330. The van der Waals surface area contributed by atoms with E-state index >= 15 is 0 Å². The van der Waals surface area contributed by atoms with Crippen LogP contribution in [0.4, 0.5) is 0 Å². The Balaban J connectivity index is 1.84. The number of aryl methyl sites for hydroxylation is 1. The number of aliphatic carboxylic acids is 1. The van der Waals surface area contributed by atoms with Crippen molar-refractivity contribution in [3.63, 3.8) is 0 Å². The van der Waals surface area contributed by atoms with Gasteiger partial charge in [-0.2, -0.15) is 0 Å². The van der Waals surface area contributed by atoms with Crippen LogP contribution < -0.4 is 14.2 Å². The molecule has 1 heterocycles. The number of fused-ring (bicyclic) bond motifs is 1. The second kappa shape index (κ2) is 14.8. The van der Waals surface area contributed by atoms with Gasteiger partial charge in [-0.05, 0) is 43.5 Å². The normalized spacial score (nSPS) is 17.6. The fraction of sp³-hybridized carbons (Fsp3) is 0.500. The predicted octanol–water partition coefficient (Wildman–Crippen LogP) is 5.01. The summed E-state index contributed by atoms with van der Waals surface area (Å²) in [7, 11) is 2.68. The van der Waals surface area contributed by atoms with Gasteiger partial charge in [-0.25, -0.2) is 4.79 Å². The highest BCUT2D eigenvalue weighted by Crippen LogP contribution is 2.41. The van der Waals surface area contributed by atoms with Gasteiger partial charge in [-0.15, -0.1) is 0 Å². The highest BCUT2D eigenvalue weighted by Gasteiger charge is 2.57. The lowest BCUT2D eigenvalue weighted by Gasteiger charge is -2.41. The Morgan fingerprint density at radius 3 is 2.38 bits per heavy atom. The van der Waals surface area contributed by atoms with E-state index in [1.165, 1.54) is 14.0 Å². The number of para-hydroxylation sites is 1. The molecule has 0 saturated carbocycles. The number of carbonyl (C=O) groups excluding carboxylic acids is 3. The first-order chi connectivity index (χ1) is 20.1. The SMILES string of the molecule is CCCc1cccc2c1OC(CCC(=O)O)(C(=O)OC)C(OCCCOc1ccc(C(C)=O)c(OC)c1CCC)C2=O. The van der Waals surface area contributed by atoms with Gasteiger partial charge in [0.05, 0.1) is 38.6 Å². The summed E-state index contributed by atoms with van der Waals surface area (Å²) in [5.74, 6) is -1.27. The summed E-state index contributed by atoms with van der Waals surface area (Å²) >= 11 is 0. The third-order valence-electron chi connectivity index (χ3n) is 7.20. The summed E-state index contributed by atoms with van der Waals surface area (Å²) in [6.45, 7) is 5.70. The van der Waals surface area contributed by atoms with Crippen molar-refractivity contribution in [1.82, 2.24) is 0 Å². The molecule has 1 N–H and O–H groups in total. The first-order valence-corrected chi connectivity index (χ1v) is 14.3. The number of carboxylic acids is 1. The van der Waals surface area contributed by atoms with Crippen LogP contribution >= 0.6 is 0 Å². The number of hydrogen-bond acceptors (Lipinski definition) is 9. The van der Waals surface area contributed by atoms with Gasteiger partial charge in [0.25, 0.3) is 0 Å². The number of rotatable bonds is 16. The van der Waals surface area contributed by atoms with E-state index in [9.17, 15) is 24.3 Å². The average molecular weight is 585 g/mol. The zero-order chi connectivity index (χ0) is 30.9. The van der Waals surface area contributed by atoms with Crippen molar-refractivity contribution in [1.29, 1.82) is 0 Å². The van der Waals surface area contributed by atoms with E-state index in [1.807, 2.05) is 19.9 Å². The van der Waals surface area contributed by atoms with Crippen molar-refractivity contribution < 1.29 is 48.0 Å². The lowest BCUT2D eigenvalue weighted by molar-refractivity contribution is -0.174. The van der Waals surface area contributed by atoms with E-state index in [-0.39, 0.29) is 36.7 Å². The molecule has 2 unspecified atom stereocenters. The van der Waals surface area contributed by atoms with Gasteiger partial charge in [-0.1, -0.05) is 38.8 Å². The highest BCUT2D eigenvalue weighted by molar-refractivity contribution is 6.07. The Morgan fingerprint density at radius 1 is 1.02 bits per heavy atom. The van der Waals surface area contributed by atoms with Gasteiger partial charge in [0.1, 0.15) is 17.2 Å². The van der Waals surface area contributed by atoms with Crippen LogP contribution in [0.1, 0.15) is 84.7 Å². The molecule has 0 aromatic heterocycles. The van der Waals surface area contributed by atoms with Gasteiger partial charge >= 0.3 is 11.9 Å². The first-order valence-electron chi connectivity index (χ1n) is 14.3. The molecule has 10 nitrogen and oxygen atoms in total. The fourth-order valence-corrected chi connectivity index (χ4v) is 5.25. The van der Waals surface area contributed by atoms with Crippen molar-refractivity contribution in [3.8, 4) is 17.2 Å². The molecular formula is C32H40O10. The molecule has 0 radical (unpaired) electrons. The smallest absolute Gasteiger partial charge is 0.353 e. The lowest BCUT2D eigenvalue weighted by atomic mass is 9.82. The van der Waals surface area contributed by atoms with E-state index in [4.69, 9.17) is 23.7 Å². The monoisotopic (exact) mass is 584 g/mol. The molecule has 42 heavy (non-hydrogen) atoms. The van der Waals surface area contributed by atoms with Crippen molar-refractivity contribution in [2.75, 3.05) is 27.4 Å². The van der Waals surface area contributed by atoms with Crippen LogP contribution in [0, 0.1) is 0 Å². The molecule has 3 rings (SSSR count). The molecule has 1 aliphatic rings. The number of esters is 1. The third-order valence-corrected chi connectivity index (χ3v) is 7.20. The Morgan fingerprint density at radius 2 is 1.76 bits per heavy atom. The zero-order valence-electron chi connectivity index (χ0n) is 24.9. The predicted molar refractivity (Wildman–Crippen MR) is 154 cm³/mol. The van der Waals surface area contributed by atoms with E-state index in [0.29, 0.717) is 36.3 Å². The summed E-state index contributed by atoms with van der Waals surface area (Å²) in [4.78, 5) is 50.6. The van der Waals surface area contributed by atoms with Crippen LogP contribution in [0.3, 0.4) is 0 Å². The minimum Gasteiger partial charge on any atom is -0.496 e. The Labute approximate surface area is 246 Å². The molecule has 0 fully saturated rings. The van der Waals surface area contributed by atoms with Crippen molar-refractivity contribution >= 4 is 23.5 Å². The minimum absolute atomic E-state index is 0.0152. The number of ether oxygens (including phenoxy) is 5. The van der Waals surface area contributed by atoms with Crippen LogP contribution in [0.25, 0.3) is 0 Å². The molecule has 1 aliphatic heterocycles. The number of hydrogen-bond donors (Lipinski definition) is 1. The average Bonchev–Trinajstić information content (AvgIpc) is 2.97. The van der Waals surface area contributed by atoms with Crippen LogP contribution in [-0.4, -0.2) is 67.8 Å². The molecule has 0 aliphatic carbocycles. The van der Waals surface area contributed by atoms with E-state index in [1.54, 1.807) is 24.3 Å². The highest BCUT2D eigenvalue weighted by atomic mass is 16.6. The minimum atomic E-state index is -1.97. The molecular weight excluding hydrogens is 544 g/mol. The molecule has 10 heteroatoms. The molecule has 2 atom stereocenters. The van der Waals surface area contributed by atoms with Crippen molar-refractivity contribution in [3.05, 3.63) is 52.6 Å². The maximum Gasteiger partial charge on any atom is 0.353 e. The zero-order valence-corrected chi connectivity index (χ0v) is 24.9. The topological polar surface area (TPSA) is 135 Å². The Bertz CT molecular complexity index is 1300. The number of ketones is 2. The van der Waals surface area contributed by atoms with Gasteiger partial charge in [-0.3, -0.25) is 14.4 Å². The molecule has 0 saturated heterocycles. The van der Waals surface area contributed by atoms with Crippen molar-refractivity contribution in [2.45, 2.75) is 77.4 Å². The van der Waals surface area contributed by atoms with Crippen LogP contribution in [0.2, 0.25) is 0 Å². The Kier molecular flexibility index (Phi) is 11.5. The fourth-order valence-electron chi connectivity index (χ4n) is 5.25. The van der Waals surface area contributed by atoms with Gasteiger partial charge in [0.15, 0.2) is 17.7 Å². The van der Waals surface area contributed by atoms with E-state index in [2.05, 4.69) is 0 Å². The standard InChI is InChI=1S/C32H40O10/c1-6-10-21-12-8-13-24-27(36)30(32(31(37)39-5,42-28(21)24)17-16-26(34)35)41-19-9-18-40-25-15-14-22(20(3)33)29(38-4)23(25)11-7-2/h8,12-15,30H,6-7,9-11,16-19H2,1-5H3,(H,34,35). The summed E-state index contributed by atoms with van der Waals surface area (Å²) in [6.07, 6.45) is 1.01. The molecule has 228 valence electrons. The largest absolute Gasteiger partial charge is 0.496 e. The van der Waals surface area contributed by atoms with Crippen molar-refractivity contribution in [2.24, 2.45) is 0 Å². The van der Waals surface area contributed by atoms with Crippen LogP contribution in [-0.2, 0) is 31.9 Å². The number of Topliss-reactive ketones (excluding diaryl/α,β-unsaturated/α-hetero) is 2. The van der Waals surface area contributed by atoms with E-state index in [0.717, 1.165) is 31.1 Å². The Hall–Kier alpha value is -3.92. The number of carbonyl (C=O) groups is 4. The van der Waals surface area contributed by atoms with Gasteiger partial charge < -0.3 is 28.8 Å². The third kappa shape index (κ3) is 6.92. The second-order valence-corrected chi connectivity index (χ2v) is 10.2.